The molecule has 1 heterocycles. The molecule has 5 nitrogen and oxygen atoms in total. The molecule has 0 aromatic carbocycles. The van der Waals surface area contributed by atoms with E-state index in [2.05, 4.69) is 0 Å². The SMILES string of the molecule is CCOC(=O)CC(SP1(=S)OCC(C)(C)CO1)C(C)=O. The maximum absolute atomic E-state index is 11.7. The van der Waals surface area contributed by atoms with Crippen LogP contribution in [0.4, 0.5) is 0 Å². The average Bonchev–Trinajstić information content (AvgIpc) is 2.33. The molecule has 0 spiro atoms. The van der Waals surface area contributed by atoms with Crippen molar-refractivity contribution < 1.29 is 23.4 Å². The van der Waals surface area contributed by atoms with Gasteiger partial charge in [-0.1, -0.05) is 25.2 Å². The van der Waals surface area contributed by atoms with E-state index < -0.39 is 16.9 Å². The van der Waals surface area contributed by atoms with Crippen LogP contribution in [0.1, 0.15) is 34.1 Å². The van der Waals surface area contributed by atoms with Crippen LogP contribution in [0, 0.1) is 5.41 Å². The van der Waals surface area contributed by atoms with Crippen LogP contribution in [0.25, 0.3) is 0 Å². The third kappa shape index (κ3) is 5.82. The fraction of sp³-hybridized carbons (Fsp3) is 0.833. The summed E-state index contributed by atoms with van der Waals surface area (Å²) in [5.74, 6) is -0.525. The molecule has 0 saturated carbocycles. The second-order valence-corrected chi connectivity index (χ2v) is 11.8. The van der Waals surface area contributed by atoms with Gasteiger partial charge in [0, 0.05) is 5.41 Å². The van der Waals surface area contributed by atoms with E-state index in [1.807, 2.05) is 13.8 Å². The third-order valence-corrected chi connectivity index (χ3v) is 8.07. The summed E-state index contributed by atoms with van der Waals surface area (Å²) in [6.07, 6.45) is 0.00232. The van der Waals surface area contributed by atoms with Crippen molar-refractivity contribution in [3.05, 3.63) is 0 Å². The number of hydrogen-bond acceptors (Lipinski definition) is 7. The highest BCUT2D eigenvalue weighted by atomic mass is 32.9. The van der Waals surface area contributed by atoms with E-state index >= 15 is 0 Å². The molecule has 1 aliphatic rings. The number of Topliss-reactive ketones (excluding diaryl/α,β-unsaturated/α-hetero) is 1. The van der Waals surface area contributed by atoms with E-state index in [0.717, 1.165) is 11.4 Å². The van der Waals surface area contributed by atoms with Crippen molar-refractivity contribution in [2.24, 2.45) is 5.41 Å². The first-order valence-corrected chi connectivity index (χ1v) is 10.5. The topological polar surface area (TPSA) is 61.8 Å². The van der Waals surface area contributed by atoms with Gasteiger partial charge in [0.15, 0.2) is 0 Å². The first-order valence-electron chi connectivity index (χ1n) is 6.41. The summed E-state index contributed by atoms with van der Waals surface area (Å²) >= 11 is 6.56. The number of hydrogen-bond donors (Lipinski definition) is 0. The third-order valence-electron chi connectivity index (χ3n) is 2.59. The highest BCUT2D eigenvalue weighted by molar-refractivity contribution is 8.68. The first kappa shape index (κ1) is 18.1. The lowest BCUT2D eigenvalue weighted by atomic mass is 9.97. The summed E-state index contributed by atoms with van der Waals surface area (Å²) in [4.78, 5) is 23.2. The van der Waals surface area contributed by atoms with Crippen LogP contribution < -0.4 is 0 Å². The Morgan fingerprint density at radius 2 is 1.95 bits per heavy atom. The minimum absolute atomic E-state index is 0.00232. The van der Waals surface area contributed by atoms with Gasteiger partial charge in [-0.3, -0.25) is 9.59 Å². The Morgan fingerprint density at radius 3 is 2.40 bits per heavy atom. The normalized spacial score (nSPS) is 22.0. The van der Waals surface area contributed by atoms with Gasteiger partial charge in [0.2, 0.25) is 5.69 Å². The highest BCUT2D eigenvalue weighted by Crippen LogP contribution is 2.66. The van der Waals surface area contributed by atoms with Crippen LogP contribution in [0.2, 0.25) is 0 Å². The van der Waals surface area contributed by atoms with E-state index in [-0.39, 0.29) is 17.6 Å². The van der Waals surface area contributed by atoms with E-state index in [1.54, 1.807) is 6.92 Å². The molecule has 0 aromatic rings. The minimum atomic E-state index is -2.56. The van der Waals surface area contributed by atoms with Crippen molar-refractivity contribution >= 4 is 40.6 Å². The molecule has 1 aliphatic heterocycles. The lowest BCUT2D eigenvalue weighted by molar-refractivity contribution is -0.143. The first-order chi connectivity index (χ1) is 9.17. The molecule has 1 fully saturated rings. The summed E-state index contributed by atoms with van der Waals surface area (Å²) in [5.41, 5.74) is -2.63. The Balaban J connectivity index is 2.64. The van der Waals surface area contributed by atoms with Crippen LogP contribution in [-0.4, -0.2) is 36.8 Å². The smallest absolute Gasteiger partial charge is 0.307 e. The van der Waals surface area contributed by atoms with Crippen LogP contribution in [0.3, 0.4) is 0 Å². The molecular weight excluding hydrogens is 319 g/mol. The van der Waals surface area contributed by atoms with Crippen molar-refractivity contribution in [2.45, 2.75) is 39.4 Å². The summed E-state index contributed by atoms with van der Waals surface area (Å²) in [7, 11) is 0. The number of rotatable bonds is 6. The van der Waals surface area contributed by atoms with Gasteiger partial charge < -0.3 is 13.8 Å². The Bertz CT molecular complexity index is 410. The summed E-state index contributed by atoms with van der Waals surface area (Å²) in [6, 6.07) is 0. The molecule has 20 heavy (non-hydrogen) atoms. The number of carbonyl (C=O) groups excluding carboxylic acids is 2. The monoisotopic (exact) mass is 340 g/mol. The molecule has 0 aromatic heterocycles. The van der Waals surface area contributed by atoms with Gasteiger partial charge in [-0.05, 0) is 25.7 Å². The Morgan fingerprint density at radius 1 is 1.40 bits per heavy atom. The lowest BCUT2D eigenvalue weighted by Gasteiger charge is -2.36. The zero-order valence-electron chi connectivity index (χ0n) is 12.2. The second-order valence-electron chi connectivity index (χ2n) is 5.37. The molecule has 1 saturated heterocycles. The quantitative estimate of drug-likeness (QED) is 0.544. The fourth-order valence-electron chi connectivity index (χ4n) is 1.43. The van der Waals surface area contributed by atoms with Crippen molar-refractivity contribution in [1.82, 2.24) is 0 Å². The van der Waals surface area contributed by atoms with Gasteiger partial charge in [-0.2, -0.15) is 0 Å². The molecule has 0 aliphatic carbocycles. The number of ketones is 1. The van der Waals surface area contributed by atoms with Crippen LogP contribution in [-0.2, 0) is 35.2 Å². The molecule has 0 bridgehead atoms. The molecule has 1 unspecified atom stereocenters. The summed E-state index contributed by atoms with van der Waals surface area (Å²) < 4.78 is 16.2. The van der Waals surface area contributed by atoms with Crippen LogP contribution in [0.5, 0.6) is 0 Å². The van der Waals surface area contributed by atoms with Gasteiger partial charge in [0.25, 0.3) is 0 Å². The van der Waals surface area contributed by atoms with Gasteiger partial charge in [-0.15, -0.1) is 0 Å². The van der Waals surface area contributed by atoms with Crippen molar-refractivity contribution in [1.29, 1.82) is 0 Å². The lowest BCUT2D eigenvalue weighted by Crippen LogP contribution is -2.29. The zero-order valence-corrected chi connectivity index (χ0v) is 14.7. The fourth-order valence-corrected chi connectivity index (χ4v) is 6.85. The molecule has 1 rings (SSSR count). The van der Waals surface area contributed by atoms with Crippen LogP contribution >= 0.6 is 17.1 Å². The minimum Gasteiger partial charge on any atom is -0.466 e. The van der Waals surface area contributed by atoms with Crippen LogP contribution in [0.15, 0.2) is 0 Å². The Labute approximate surface area is 129 Å². The van der Waals surface area contributed by atoms with E-state index in [9.17, 15) is 9.59 Å². The molecule has 8 heteroatoms. The van der Waals surface area contributed by atoms with Gasteiger partial charge in [-0.25, -0.2) is 0 Å². The molecular formula is C12H21O5PS2. The van der Waals surface area contributed by atoms with Crippen molar-refractivity contribution in [2.75, 3.05) is 19.8 Å². The average molecular weight is 340 g/mol. The van der Waals surface area contributed by atoms with E-state index in [4.69, 9.17) is 25.6 Å². The van der Waals surface area contributed by atoms with Crippen molar-refractivity contribution in [3.63, 3.8) is 0 Å². The predicted octanol–water partition coefficient (Wildman–Crippen LogP) is 2.93. The van der Waals surface area contributed by atoms with E-state index in [1.165, 1.54) is 6.92 Å². The molecule has 1 atom stereocenters. The molecule has 116 valence electrons. The predicted molar refractivity (Wildman–Crippen MR) is 83.3 cm³/mol. The molecule has 0 amide bonds. The maximum atomic E-state index is 11.7. The number of esters is 1. The van der Waals surface area contributed by atoms with Gasteiger partial charge in [0.05, 0.1) is 31.5 Å². The Hall–Kier alpha value is 0.0600. The summed E-state index contributed by atoms with van der Waals surface area (Å²) in [5, 5.41) is -0.568. The number of carbonyl (C=O) groups is 2. The molecule has 0 N–H and O–H groups in total. The maximum Gasteiger partial charge on any atom is 0.307 e. The largest absolute Gasteiger partial charge is 0.466 e. The van der Waals surface area contributed by atoms with Gasteiger partial charge >= 0.3 is 5.97 Å². The van der Waals surface area contributed by atoms with E-state index in [0.29, 0.717) is 19.8 Å². The summed E-state index contributed by atoms with van der Waals surface area (Å²) in [6.45, 7) is 8.51. The number of ether oxygens (including phenoxy) is 1. The zero-order chi connectivity index (χ0) is 15.4. The Kier molecular flexibility index (Phi) is 6.67. The molecule has 0 radical (unpaired) electrons. The van der Waals surface area contributed by atoms with Gasteiger partial charge in [0.1, 0.15) is 5.78 Å². The van der Waals surface area contributed by atoms with Crippen molar-refractivity contribution in [3.8, 4) is 0 Å². The highest BCUT2D eigenvalue weighted by Gasteiger charge is 2.37. The standard InChI is InChI=1S/C12H21O5PS2/c1-5-15-11(14)6-10(9(2)13)20-18(19)16-7-12(3,4)8-17-18/h10H,5-8H2,1-4H3. The second kappa shape index (κ2) is 7.36.